The van der Waals surface area contributed by atoms with Crippen LogP contribution in [0.5, 0.6) is 0 Å². The van der Waals surface area contributed by atoms with E-state index in [0.717, 1.165) is 18.4 Å². The molecule has 1 heterocycles. The minimum atomic E-state index is -0.849. The van der Waals surface area contributed by atoms with Crippen molar-refractivity contribution >= 4 is 17.6 Å². The van der Waals surface area contributed by atoms with Gasteiger partial charge in [0.2, 0.25) is 5.91 Å². The van der Waals surface area contributed by atoms with Crippen LogP contribution in [0.1, 0.15) is 17.5 Å². The quantitative estimate of drug-likeness (QED) is 0.787. The van der Waals surface area contributed by atoms with E-state index in [0.29, 0.717) is 17.5 Å². The zero-order valence-corrected chi connectivity index (χ0v) is 15.4. The minimum Gasteiger partial charge on any atom is -0.481 e. The number of pyridine rings is 1. The van der Waals surface area contributed by atoms with Gasteiger partial charge in [-0.15, -0.1) is 0 Å². The summed E-state index contributed by atoms with van der Waals surface area (Å²) in [5, 5.41) is 12.7. The number of carboxylic acid groups (broad SMARTS) is 1. The molecule has 2 bridgehead atoms. The number of carboxylic acids is 1. The summed E-state index contributed by atoms with van der Waals surface area (Å²) in [5.41, 5.74) is 3.04. The molecule has 0 saturated heterocycles. The SMILES string of the molecule is O=C(O)[C@@H]1[C@H]2C=C[C@@H]([C@@H]3C[C@@H]23)[C@H]1C(=O)Nc1ccc(Cc2ccncc2)cc1. The largest absolute Gasteiger partial charge is 0.481 e. The van der Waals surface area contributed by atoms with Crippen LogP contribution >= 0.6 is 0 Å². The molecule has 5 nitrogen and oxygen atoms in total. The van der Waals surface area contributed by atoms with E-state index in [9.17, 15) is 14.7 Å². The number of hydrogen-bond acceptors (Lipinski definition) is 3. The first-order chi connectivity index (χ1) is 13.6. The molecular formula is C23H22N2O3. The Hall–Kier alpha value is -2.95. The maximum Gasteiger partial charge on any atom is 0.307 e. The van der Waals surface area contributed by atoms with Crippen LogP contribution in [-0.2, 0) is 16.0 Å². The number of hydrogen-bond donors (Lipinski definition) is 2. The van der Waals surface area contributed by atoms with Crippen molar-refractivity contribution in [1.82, 2.24) is 4.98 Å². The molecule has 28 heavy (non-hydrogen) atoms. The van der Waals surface area contributed by atoms with Crippen molar-refractivity contribution in [2.75, 3.05) is 5.32 Å². The van der Waals surface area contributed by atoms with Gasteiger partial charge < -0.3 is 10.4 Å². The molecule has 0 spiro atoms. The topological polar surface area (TPSA) is 79.3 Å². The summed E-state index contributed by atoms with van der Waals surface area (Å²) < 4.78 is 0. The number of rotatable bonds is 5. The van der Waals surface area contributed by atoms with Crippen LogP contribution in [0.15, 0.2) is 60.9 Å². The second-order valence-electron chi connectivity index (χ2n) is 8.21. The zero-order chi connectivity index (χ0) is 19.3. The standard InChI is InChI=1S/C23H22N2O3/c26-22(20-16-5-6-17(19-12-18(16)19)21(20)23(27)28)25-15-3-1-13(2-4-15)11-14-7-9-24-10-8-14/h1-10,16-21H,11-12H2,(H,25,26)(H,27,28)/t16-,17-,18-,19-,20+,21+/m0/s1. The molecule has 6 rings (SSSR count). The maximum atomic E-state index is 13.0. The van der Waals surface area contributed by atoms with E-state index in [1.807, 2.05) is 42.5 Å². The van der Waals surface area contributed by atoms with E-state index in [1.165, 1.54) is 5.56 Å². The van der Waals surface area contributed by atoms with Gasteiger partial charge in [-0.2, -0.15) is 0 Å². The highest BCUT2D eigenvalue weighted by Gasteiger charge is 2.62. The number of aromatic nitrogens is 1. The van der Waals surface area contributed by atoms with E-state index in [2.05, 4.69) is 16.4 Å². The predicted octanol–water partition coefficient (Wildman–Crippen LogP) is 3.38. The van der Waals surface area contributed by atoms with Crippen molar-refractivity contribution < 1.29 is 14.7 Å². The molecule has 1 aromatic heterocycles. The second kappa shape index (κ2) is 6.59. The molecular weight excluding hydrogens is 352 g/mol. The Labute approximate surface area is 163 Å². The third-order valence-corrected chi connectivity index (χ3v) is 6.62. The number of nitrogens with one attached hydrogen (secondary N) is 1. The van der Waals surface area contributed by atoms with Crippen LogP contribution in [0, 0.1) is 35.5 Å². The summed E-state index contributed by atoms with van der Waals surface area (Å²) >= 11 is 0. The Kier molecular flexibility index (Phi) is 4.04. The van der Waals surface area contributed by atoms with E-state index in [1.54, 1.807) is 12.4 Å². The Morgan fingerprint density at radius 1 is 0.929 bits per heavy atom. The van der Waals surface area contributed by atoms with Gasteiger partial charge >= 0.3 is 5.97 Å². The van der Waals surface area contributed by atoms with E-state index in [4.69, 9.17) is 0 Å². The Morgan fingerprint density at radius 3 is 2.18 bits per heavy atom. The monoisotopic (exact) mass is 374 g/mol. The fourth-order valence-electron chi connectivity index (χ4n) is 5.24. The first-order valence-corrected chi connectivity index (χ1v) is 9.81. The molecule has 0 aliphatic heterocycles. The van der Waals surface area contributed by atoms with Crippen LogP contribution < -0.4 is 5.32 Å². The fraction of sp³-hybridized carbons (Fsp3) is 0.348. The number of nitrogens with zero attached hydrogens (tertiary/aromatic N) is 1. The highest BCUT2D eigenvalue weighted by molar-refractivity contribution is 5.96. The van der Waals surface area contributed by atoms with Crippen molar-refractivity contribution in [3.8, 4) is 0 Å². The molecule has 2 aromatic rings. The van der Waals surface area contributed by atoms with Crippen molar-refractivity contribution in [3.05, 3.63) is 72.1 Å². The fourth-order valence-corrected chi connectivity index (χ4v) is 5.24. The van der Waals surface area contributed by atoms with Gasteiger partial charge in [0.1, 0.15) is 0 Å². The van der Waals surface area contributed by atoms with Gasteiger partial charge in [-0.1, -0.05) is 24.3 Å². The Balaban J connectivity index is 1.30. The molecule has 4 aliphatic carbocycles. The van der Waals surface area contributed by atoms with Crippen LogP contribution in [0.2, 0.25) is 0 Å². The summed E-state index contributed by atoms with van der Waals surface area (Å²) in [6.45, 7) is 0. The number of fused-ring (bicyclic) bond motifs is 1. The number of anilines is 1. The summed E-state index contributed by atoms with van der Waals surface area (Å²) in [7, 11) is 0. The van der Waals surface area contributed by atoms with Crippen molar-refractivity contribution in [1.29, 1.82) is 0 Å². The van der Waals surface area contributed by atoms with Gasteiger partial charge in [0.15, 0.2) is 0 Å². The third-order valence-electron chi connectivity index (χ3n) is 6.62. The van der Waals surface area contributed by atoms with Crippen LogP contribution in [-0.4, -0.2) is 22.0 Å². The van der Waals surface area contributed by atoms with Gasteiger partial charge in [-0.25, -0.2) is 0 Å². The summed E-state index contributed by atoms with van der Waals surface area (Å²) in [6.07, 6.45) is 9.53. The maximum absolute atomic E-state index is 13.0. The molecule has 2 saturated carbocycles. The highest BCUT2D eigenvalue weighted by Crippen LogP contribution is 2.63. The van der Waals surface area contributed by atoms with Gasteiger partial charge in [0.05, 0.1) is 11.8 Å². The number of benzene rings is 1. The lowest BCUT2D eigenvalue weighted by atomic mass is 9.62. The van der Waals surface area contributed by atoms with Gasteiger partial charge in [0.25, 0.3) is 0 Å². The van der Waals surface area contributed by atoms with E-state index in [-0.39, 0.29) is 17.7 Å². The van der Waals surface area contributed by atoms with Gasteiger partial charge in [0, 0.05) is 18.1 Å². The molecule has 4 aliphatic rings. The van der Waals surface area contributed by atoms with Crippen molar-refractivity contribution in [3.63, 3.8) is 0 Å². The van der Waals surface area contributed by atoms with Crippen LogP contribution in [0.4, 0.5) is 5.69 Å². The molecule has 6 atom stereocenters. The molecule has 1 aromatic carbocycles. The molecule has 0 radical (unpaired) electrons. The number of aliphatic carboxylic acids is 1. The number of allylic oxidation sites excluding steroid dienone is 2. The number of carbonyl (C=O) groups excluding carboxylic acids is 1. The molecule has 142 valence electrons. The van der Waals surface area contributed by atoms with Crippen LogP contribution in [0.25, 0.3) is 0 Å². The lowest BCUT2D eigenvalue weighted by molar-refractivity contribution is -0.152. The van der Waals surface area contributed by atoms with E-state index < -0.39 is 17.8 Å². The van der Waals surface area contributed by atoms with E-state index >= 15 is 0 Å². The van der Waals surface area contributed by atoms with Crippen LogP contribution in [0.3, 0.4) is 0 Å². The lowest BCUT2D eigenvalue weighted by Gasteiger charge is -2.41. The molecule has 2 N–H and O–H groups in total. The first-order valence-electron chi connectivity index (χ1n) is 9.81. The molecule has 1 amide bonds. The average Bonchev–Trinajstić information content (AvgIpc) is 3.52. The average molecular weight is 374 g/mol. The van der Waals surface area contributed by atoms with Crippen molar-refractivity contribution in [2.24, 2.45) is 35.5 Å². The molecule has 0 unspecified atom stereocenters. The normalized spacial score (nSPS) is 31.9. The Bertz CT molecular complexity index is 938. The predicted molar refractivity (Wildman–Crippen MR) is 104 cm³/mol. The molecule has 2 fully saturated rings. The first kappa shape index (κ1) is 17.2. The van der Waals surface area contributed by atoms with Gasteiger partial charge in [-0.05, 0) is 71.9 Å². The number of amides is 1. The summed E-state index contributed by atoms with van der Waals surface area (Å²) in [6, 6.07) is 11.7. The number of carbonyl (C=O) groups is 2. The summed E-state index contributed by atoms with van der Waals surface area (Å²) in [4.78, 5) is 28.9. The Morgan fingerprint density at radius 2 is 1.54 bits per heavy atom. The minimum absolute atomic E-state index is 0.00554. The second-order valence-corrected chi connectivity index (χ2v) is 8.21. The van der Waals surface area contributed by atoms with Crippen molar-refractivity contribution in [2.45, 2.75) is 12.8 Å². The smallest absolute Gasteiger partial charge is 0.307 e. The highest BCUT2D eigenvalue weighted by atomic mass is 16.4. The van der Waals surface area contributed by atoms with Gasteiger partial charge in [-0.3, -0.25) is 14.6 Å². The zero-order valence-electron chi connectivity index (χ0n) is 15.4. The lowest BCUT2D eigenvalue weighted by Crippen LogP contribution is -2.48. The summed E-state index contributed by atoms with van der Waals surface area (Å²) in [5.74, 6) is -1.08. The molecule has 5 heteroatoms. The third kappa shape index (κ3) is 2.91.